The van der Waals surface area contributed by atoms with Crippen LogP contribution in [-0.4, -0.2) is 33.5 Å². The van der Waals surface area contributed by atoms with Crippen molar-refractivity contribution in [2.45, 2.75) is 23.8 Å². The van der Waals surface area contributed by atoms with E-state index in [1.54, 1.807) is 24.3 Å². The second kappa shape index (κ2) is 9.22. The molecular weight excluding hydrogens is 448 g/mol. The maximum absolute atomic E-state index is 13.4. The normalized spacial score (nSPS) is 16.6. The first-order valence-electron chi connectivity index (χ1n) is 10.2. The predicted octanol–water partition coefficient (Wildman–Crippen LogP) is 4.22. The SMILES string of the molecule is C[C@H](CNC(=O)[C@@H]1CN(S(=O)(=O)c2ccc(Cl)cc2)c2ccccc2O1)c1ccccc1. The van der Waals surface area contributed by atoms with Gasteiger partial charge in [-0.25, -0.2) is 8.42 Å². The molecule has 32 heavy (non-hydrogen) atoms. The van der Waals surface area contributed by atoms with E-state index in [1.807, 2.05) is 37.3 Å². The van der Waals surface area contributed by atoms with Crippen LogP contribution >= 0.6 is 11.6 Å². The van der Waals surface area contributed by atoms with Gasteiger partial charge in [-0.05, 0) is 47.9 Å². The van der Waals surface area contributed by atoms with E-state index in [9.17, 15) is 13.2 Å². The second-order valence-electron chi connectivity index (χ2n) is 7.62. The molecule has 3 aromatic carbocycles. The highest BCUT2D eigenvalue weighted by atomic mass is 35.5. The van der Waals surface area contributed by atoms with Gasteiger partial charge in [0, 0.05) is 11.6 Å². The molecule has 166 valence electrons. The molecule has 1 N–H and O–H groups in total. The average molecular weight is 471 g/mol. The minimum absolute atomic E-state index is 0.0930. The fourth-order valence-corrected chi connectivity index (χ4v) is 5.17. The molecule has 2 atom stereocenters. The summed E-state index contributed by atoms with van der Waals surface area (Å²) < 4.78 is 33.8. The molecular formula is C24H23ClN2O4S. The minimum Gasteiger partial charge on any atom is -0.476 e. The van der Waals surface area contributed by atoms with E-state index < -0.39 is 16.1 Å². The van der Waals surface area contributed by atoms with E-state index in [-0.39, 0.29) is 23.3 Å². The lowest BCUT2D eigenvalue weighted by Gasteiger charge is -2.34. The lowest BCUT2D eigenvalue weighted by atomic mass is 10.0. The molecule has 0 fully saturated rings. The van der Waals surface area contributed by atoms with Crippen LogP contribution in [0.1, 0.15) is 18.4 Å². The van der Waals surface area contributed by atoms with Crippen LogP contribution in [0.2, 0.25) is 5.02 Å². The largest absolute Gasteiger partial charge is 0.476 e. The van der Waals surface area contributed by atoms with Crippen LogP contribution in [0, 0.1) is 0 Å². The van der Waals surface area contributed by atoms with Gasteiger partial charge < -0.3 is 10.1 Å². The molecule has 0 saturated heterocycles. The number of hydrogen-bond donors (Lipinski definition) is 1. The summed E-state index contributed by atoms with van der Waals surface area (Å²) in [6, 6.07) is 22.6. The Morgan fingerprint density at radius 2 is 1.72 bits per heavy atom. The van der Waals surface area contributed by atoms with Crippen LogP contribution in [0.5, 0.6) is 5.75 Å². The number of benzene rings is 3. The van der Waals surface area contributed by atoms with Crippen molar-refractivity contribution in [3.63, 3.8) is 0 Å². The maximum Gasteiger partial charge on any atom is 0.264 e. The van der Waals surface area contributed by atoms with Gasteiger partial charge in [0.05, 0.1) is 17.1 Å². The summed E-state index contributed by atoms with van der Waals surface area (Å²) in [6.07, 6.45) is -0.977. The van der Waals surface area contributed by atoms with Gasteiger partial charge in [-0.2, -0.15) is 0 Å². The topological polar surface area (TPSA) is 75.7 Å². The zero-order valence-electron chi connectivity index (χ0n) is 17.4. The molecule has 3 aromatic rings. The van der Waals surface area contributed by atoms with Crippen LogP contribution in [0.3, 0.4) is 0 Å². The Kier molecular flexibility index (Phi) is 6.39. The highest BCUT2D eigenvalue weighted by Gasteiger charge is 2.37. The third-order valence-electron chi connectivity index (χ3n) is 5.38. The number of carbonyl (C=O) groups is 1. The van der Waals surface area contributed by atoms with Crippen LogP contribution in [0.15, 0.2) is 83.8 Å². The van der Waals surface area contributed by atoms with Gasteiger partial charge in [-0.3, -0.25) is 9.10 Å². The van der Waals surface area contributed by atoms with Crippen molar-refractivity contribution >= 4 is 33.2 Å². The zero-order valence-corrected chi connectivity index (χ0v) is 19.0. The summed E-state index contributed by atoms with van der Waals surface area (Å²) in [5, 5.41) is 3.34. The van der Waals surface area contributed by atoms with Crippen molar-refractivity contribution in [2.24, 2.45) is 0 Å². The molecule has 0 saturated carbocycles. The molecule has 0 unspecified atom stereocenters. The van der Waals surface area contributed by atoms with Gasteiger partial charge in [-0.15, -0.1) is 0 Å². The quantitative estimate of drug-likeness (QED) is 0.585. The molecule has 0 spiro atoms. The van der Waals surface area contributed by atoms with Gasteiger partial charge in [0.1, 0.15) is 5.75 Å². The van der Waals surface area contributed by atoms with Gasteiger partial charge in [-0.1, -0.05) is 61.0 Å². The van der Waals surface area contributed by atoms with E-state index in [0.29, 0.717) is 23.0 Å². The van der Waals surface area contributed by atoms with Crippen molar-refractivity contribution in [1.82, 2.24) is 5.32 Å². The molecule has 0 aromatic heterocycles. The van der Waals surface area contributed by atoms with Crippen molar-refractivity contribution in [1.29, 1.82) is 0 Å². The number of anilines is 1. The average Bonchev–Trinajstić information content (AvgIpc) is 2.82. The van der Waals surface area contributed by atoms with Crippen molar-refractivity contribution in [3.8, 4) is 5.75 Å². The molecule has 0 aliphatic carbocycles. The Balaban J connectivity index is 1.55. The third-order valence-corrected chi connectivity index (χ3v) is 7.43. The fourth-order valence-electron chi connectivity index (χ4n) is 3.57. The van der Waals surface area contributed by atoms with E-state index in [0.717, 1.165) is 5.56 Å². The first-order chi connectivity index (χ1) is 15.4. The van der Waals surface area contributed by atoms with Crippen molar-refractivity contribution in [2.75, 3.05) is 17.4 Å². The van der Waals surface area contributed by atoms with Gasteiger partial charge in [0.15, 0.2) is 6.10 Å². The molecule has 8 heteroatoms. The van der Waals surface area contributed by atoms with Crippen LogP contribution in [0.25, 0.3) is 0 Å². The Morgan fingerprint density at radius 3 is 2.44 bits per heavy atom. The number of carbonyl (C=O) groups excluding carboxylic acids is 1. The number of para-hydroxylation sites is 2. The first kappa shape index (κ1) is 22.2. The second-order valence-corrected chi connectivity index (χ2v) is 9.92. The van der Waals surface area contributed by atoms with Gasteiger partial charge >= 0.3 is 0 Å². The number of rotatable bonds is 6. The number of nitrogens with one attached hydrogen (secondary N) is 1. The van der Waals surface area contributed by atoms with E-state index >= 15 is 0 Å². The standard InChI is InChI=1S/C24H23ClN2O4S/c1-17(18-7-3-2-4-8-18)15-26-24(28)23-16-27(21-9-5-6-10-22(21)31-23)32(29,30)20-13-11-19(25)12-14-20/h2-14,17,23H,15-16H2,1H3,(H,26,28)/t17-,23+/m1/s1. The Labute approximate surface area is 192 Å². The summed E-state index contributed by atoms with van der Waals surface area (Å²) in [5.41, 5.74) is 1.50. The van der Waals surface area contributed by atoms with Crippen LogP contribution in [-0.2, 0) is 14.8 Å². The highest BCUT2D eigenvalue weighted by Crippen LogP contribution is 2.37. The predicted molar refractivity (Wildman–Crippen MR) is 125 cm³/mol. The summed E-state index contributed by atoms with van der Waals surface area (Å²) in [4.78, 5) is 13.0. The summed E-state index contributed by atoms with van der Waals surface area (Å²) in [6.45, 7) is 2.30. The summed E-state index contributed by atoms with van der Waals surface area (Å²) in [7, 11) is -3.92. The zero-order chi connectivity index (χ0) is 22.7. The number of amides is 1. The summed E-state index contributed by atoms with van der Waals surface area (Å²) >= 11 is 5.92. The van der Waals surface area contributed by atoms with E-state index in [1.165, 1.54) is 28.6 Å². The number of halogens is 1. The minimum atomic E-state index is -3.92. The molecule has 4 rings (SSSR count). The lowest BCUT2D eigenvalue weighted by Crippen LogP contribution is -2.51. The fraction of sp³-hybridized carbons (Fsp3) is 0.208. The maximum atomic E-state index is 13.4. The molecule has 0 bridgehead atoms. The van der Waals surface area contributed by atoms with Crippen molar-refractivity contribution < 1.29 is 17.9 Å². The number of nitrogens with zero attached hydrogens (tertiary/aromatic N) is 1. The lowest BCUT2D eigenvalue weighted by molar-refractivity contribution is -0.127. The van der Waals surface area contributed by atoms with Crippen LogP contribution < -0.4 is 14.4 Å². The van der Waals surface area contributed by atoms with E-state index in [4.69, 9.17) is 16.3 Å². The Bertz CT molecular complexity index is 1200. The Morgan fingerprint density at radius 1 is 1.06 bits per heavy atom. The number of sulfonamides is 1. The number of fused-ring (bicyclic) bond motifs is 1. The van der Waals surface area contributed by atoms with Crippen molar-refractivity contribution in [3.05, 3.63) is 89.4 Å². The van der Waals surface area contributed by atoms with Crippen LogP contribution in [0.4, 0.5) is 5.69 Å². The van der Waals surface area contributed by atoms with Gasteiger partial charge in [0.25, 0.3) is 15.9 Å². The number of ether oxygens (including phenoxy) is 1. The molecule has 0 radical (unpaired) electrons. The summed E-state index contributed by atoms with van der Waals surface area (Å²) in [5.74, 6) is 0.0797. The molecule has 1 aliphatic heterocycles. The Hall–Kier alpha value is -3.03. The monoisotopic (exact) mass is 470 g/mol. The molecule has 1 heterocycles. The molecule has 1 amide bonds. The van der Waals surface area contributed by atoms with Gasteiger partial charge in [0.2, 0.25) is 0 Å². The molecule has 1 aliphatic rings. The third kappa shape index (κ3) is 4.59. The van der Waals surface area contributed by atoms with E-state index in [2.05, 4.69) is 5.32 Å². The molecule has 6 nitrogen and oxygen atoms in total. The number of hydrogen-bond acceptors (Lipinski definition) is 4. The smallest absolute Gasteiger partial charge is 0.264 e. The first-order valence-corrected chi connectivity index (χ1v) is 12.0. The highest BCUT2D eigenvalue weighted by molar-refractivity contribution is 7.92.